The largest absolute Gasteiger partial charge is 0.489 e. The highest BCUT2D eigenvalue weighted by Crippen LogP contribution is 2.50. The number of rotatable bonds is 6. The number of fused-ring (bicyclic) bond motifs is 1. The lowest BCUT2D eigenvalue weighted by Gasteiger charge is -2.11. The van der Waals surface area contributed by atoms with Gasteiger partial charge in [-0.05, 0) is 50.1 Å². The minimum atomic E-state index is -0.741. The molecular formula is C24H22ClN3O4. The van der Waals surface area contributed by atoms with Crippen LogP contribution in [0.2, 0.25) is 5.02 Å². The van der Waals surface area contributed by atoms with Crippen molar-refractivity contribution in [2.75, 3.05) is 0 Å². The lowest BCUT2D eigenvalue weighted by atomic mass is 10.0. The summed E-state index contributed by atoms with van der Waals surface area (Å²) in [5.41, 5.74) is 3.52. The van der Waals surface area contributed by atoms with Gasteiger partial charge in [0.1, 0.15) is 5.75 Å². The van der Waals surface area contributed by atoms with Gasteiger partial charge in [0.2, 0.25) is 5.82 Å². The van der Waals surface area contributed by atoms with Crippen LogP contribution in [0.1, 0.15) is 31.7 Å². The van der Waals surface area contributed by atoms with Crippen LogP contribution in [0.3, 0.4) is 0 Å². The van der Waals surface area contributed by atoms with Gasteiger partial charge >= 0.3 is 5.97 Å². The fourth-order valence-electron chi connectivity index (χ4n) is 4.22. The molecule has 0 spiro atoms. The van der Waals surface area contributed by atoms with Gasteiger partial charge in [-0.2, -0.15) is 4.98 Å². The molecule has 0 aliphatic heterocycles. The number of hydrogen-bond donors (Lipinski definition) is 1. The number of hydrogen-bond acceptors (Lipinski definition) is 5. The normalized spacial score (nSPS) is 17.8. The Labute approximate surface area is 189 Å². The number of ether oxygens (including phenoxy) is 1. The van der Waals surface area contributed by atoms with Crippen LogP contribution in [0.15, 0.2) is 47.1 Å². The lowest BCUT2D eigenvalue weighted by Crippen LogP contribution is -2.05. The molecule has 5 rings (SSSR count). The molecule has 4 aromatic rings. The van der Waals surface area contributed by atoms with E-state index >= 15 is 0 Å². The Hall–Kier alpha value is -3.32. The van der Waals surface area contributed by atoms with Crippen molar-refractivity contribution in [2.24, 2.45) is 13.0 Å². The number of halogens is 1. The molecule has 7 nitrogen and oxygen atoms in total. The topological polar surface area (TPSA) is 90.4 Å². The SMILES string of the molecule is CC(C)Oc1ccc(-c2nc(-c3cccc4c([C@H]5C[C@H]5C(=O)O)cn(C)c34)no2)cc1Cl. The summed E-state index contributed by atoms with van der Waals surface area (Å²) < 4.78 is 13.2. The third-order valence-corrected chi connectivity index (χ3v) is 6.04. The summed E-state index contributed by atoms with van der Waals surface area (Å²) in [5.74, 6) is 0.412. The van der Waals surface area contributed by atoms with Gasteiger partial charge in [-0.3, -0.25) is 4.79 Å². The number of aryl methyl sites for hydroxylation is 1. The van der Waals surface area contributed by atoms with Crippen LogP contribution in [0, 0.1) is 5.92 Å². The van der Waals surface area contributed by atoms with Crippen molar-refractivity contribution in [2.45, 2.75) is 32.3 Å². The molecule has 0 saturated heterocycles. The first-order chi connectivity index (χ1) is 15.3. The van der Waals surface area contributed by atoms with E-state index in [1.165, 1.54) is 0 Å². The molecule has 1 fully saturated rings. The maximum Gasteiger partial charge on any atom is 0.307 e. The average Bonchev–Trinajstić information content (AvgIpc) is 3.27. The maximum absolute atomic E-state index is 11.4. The summed E-state index contributed by atoms with van der Waals surface area (Å²) >= 11 is 6.36. The highest BCUT2D eigenvalue weighted by Gasteiger charge is 2.45. The zero-order chi connectivity index (χ0) is 22.6. The Balaban J connectivity index is 1.51. The predicted octanol–water partition coefficient (Wildman–Crippen LogP) is 5.52. The number of carboxylic acid groups (broad SMARTS) is 1. The first kappa shape index (κ1) is 20.6. The fraction of sp³-hybridized carbons (Fsp3) is 0.292. The zero-order valence-electron chi connectivity index (χ0n) is 17.9. The van der Waals surface area contributed by atoms with Gasteiger partial charge in [-0.25, -0.2) is 0 Å². The minimum Gasteiger partial charge on any atom is -0.489 e. The first-order valence-electron chi connectivity index (χ1n) is 10.4. The van der Waals surface area contributed by atoms with E-state index in [1.807, 2.05) is 55.9 Å². The molecule has 2 aromatic heterocycles. The molecule has 0 bridgehead atoms. The van der Waals surface area contributed by atoms with Gasteiger partial charge in [0.25, 0.3) is 5.89 Å². The molecule has 0 unspecified atom stereocenters. The van der Waals surface area contributed by atoms with Crippen LogP contribution < -0.4 is 4.74 Å². The Morgan fingerprint density at radius 2 is 2.12 bits per heavy atom. The van der Waals surface area contributed by atoms with Crippen molar-refractivity contribution in [1.29, 1.82) is 0 Å². The van der Waals surface area contributed by atoms with E-state index in [1.54, 1.807) is 12.1 Å². The Bertz CT molecular complexity index is 1340. The quantitative estimate of drug-likeness (QED) is 0.415. The molecule has 0 amide bonds. The number of aliphatic carboxylic acids is 1. The smallest absolute Gasteiger partial charge is 0.307 e. The molecule has 0 radical (unpaired) electrons. The molecule has 8 heteroatoms. The third-order valence-electron chi connectivity index (χ3n) is 5.75. The number of aromatic nitrogens is 3. The second-order valence-electron chi connectivity index (χ2n) is 8.42. The van der Waals surface area contributed by atoms with Crippen LogP contribution in [-0.4, -0.2) is 31.9 Å². The number of carbonyl (C=O) groups is 1. The van der Waals surface area contributed by atoms with E-state index in [-0.39, 0.29) is 17.9 Å². The lowest BCUT2D eigenvalue weighted by molar-refractivity contribution is -0.138. The van der Waals surface area contributed by atoms with Crippen molar-refractivity contribution in [1.82, 2.24) is 14.7 Å². The van der Waals surface area contributed by atoms with Gasteiger partial charge in [0.05, 0.1) is 22.6 Å². The van der Waals surface area contributed by atoms with Gasteiger partial charge in [-0.15, -0.1) is 0 Å². The van der Waals surface area contributed by atoms with Gasteiger partial charge in [0.15, 0.2) is 0 Å². The van der Waals surface area contributed by atoms with E-state index in [4.69, 9.17) is 20.9 Å². The number of para-hydroxylation sites is 1. The van der Waals surface area contributed by atoms with E-state index in [0.29, 0.717) is 34.5 Å². The van der Waals surface area contributed by atoms with Crippen molar-refractivity contribution < 1.29 is 19.2 Å². The van der Waals surface area contributed by atoms with Crippen molar-refractivity contribution in [3.8, 4) is 28.6 Å². The first-order valence-corrected chi connectivity index (χ1v) is 10.8. The molecule has 1 aliphatic rings. The van der Waals surface area contributed by atoms with E-state index in [0.717, 1.165) is 22.0 Å². The molecule has 164 valence electrons. The second-order valence-corrected chi connectivity index (χ2v) is 8.83. The molecule has 32 heavy (non-hydrogen) atoms. The molecule has 2 aromatic carbocycles. The summed E-state index contributed by atoms with van der Waals surface area (Å²) in [6, 6.07) is 11.3. The minimum absolute atomic E-state index is 0.0189. The summed E-state index contributed by atoms with van der Waals surface area (Å²) in [4.78, 5) is 16.0. The van der Waals surface area contributed by atoms with Crippen molar-refractivity contribution >= 4 is 28.5 Å². The van der Waals surface area contributed by atoms with E-state index < -0.39 is 5.97 Å². The Morgan fingerprint density at radius 1 is 1.31 bits per heavy atom. The summed E-state index contributed by atoms with van der Waals surface area (Å²) in [6.45, 7) is 3.88. The van der Waals surface area contributed by atoms with Crippen molar-refractivity contribution in [3.63, 3.8) is 0 Å². The molecule has 1 aliphatic carbocycles. The standard InChI is InChI=1S/C24H22ClN3O4/c1-12(2)31-20-8-7-13(9-19(20)25)23-26-22(27-32-23)15-6-4-5-14-18(11-28(3)21(14)15)16-10-17(16)24(29)30/h4-9,11-12,16-17H,10H2,1-3H3,(H,29,30)/t16-,17+/m0/s1. The summed E-state index contributed by atoms with van der Waals surface area (Å²) in [5, 5.41) is 15.0. The number of benzene rings is 2. The monoisotopic (exact) mass is 451 g/mol. The van der Waals surface area contributed by atoms with Crippen molar-refractivity contribution in [3.05, 3.63) is 53.2 Å². The van der Waals surface area contributed by atoms with E-state index in [2.05, 4.69) is 10.1 Å². The van der Waals surface area contributed by atoms with Crippen LogP contribution in [0.5, 0.6) is 5.75 Å². The molecule has 2 heterocycles. The van der Waals surface area contributed by atoms with E-state index in [9.17, 15) is 9.90 Å². The molecule has 1 saturated carbocycles. The molecule has 1 N–H and O–H groups in total. The number of nitrogens with zero attached hydrogens (tertiary/aromatic N) is 3. The molecular weight excluding hydrogens is 430 g/mol. The summed E-state index contributed by atoms with van der Waals surface area (Å²) in [6.07, 6.45) is 2.70. The highest BCUT2D eigenvalue weighted by molar-refractivity contribution is 6.32. The predicted molar refractivity (Wildman–Crippen MR) is 121 cm³/mol. The van der Waals surface area contributed by atoms with Gasteiger partial charge < -0.3 is 18.9 Å². The van der Waals surface area contributed by atoms with Crippen LogP contribution in [0.4, 0.5) is 0 Å². The van der Waals surface area contributed by atoms with Gasteiger partial charge in [-0.1, -0.05) is 28.9 Å². The third kappa shape index (κ3) is 3.52. The van der Waals surface area contributed by atoms with Crippen LogP contribution >= 0.6 is 11.6 Å². The van der Waals surface area contributed by atoms with Gasteiger partial charge in [0, 0.05) is 35.7 Å². The Morgan fingerprint density at radius 3 is 2.81 bits per heavy atom. The maximum atomic E-state index is 11.4. The van der Waals surface area contributed by atoms with Crippen LogP contribution in [-0.2, 0) is 11.8 Å². The highest BCUT2D eigenvalue weighted by atomic mass is 35.5. The van der Waals surface area contributed by atoms with Crippen LogP contribution in [0.25, 0.3) is 33.7 Å². The number of carboxylic acids is 1. The fourth-order valence-corrected chi connectivity index (χ4v) is 4.45. The molecule has 2 atom stereocenters. The second kappa shape index (κ2) is 7.67. The summed E-state index contributed by atoms with van der Waals surface area (Å²) in [7, 11) is 1.95. The average molecular weight is 452 g/mol. The Kier molecular flexibility index (Phi) is 4.93. The zero-order valence-corrected chi connectivity index (χ0v) is 18.6.